The van der Waals surface area contributed by atoms with Gasteiger partial charge in [0.25, 0.3) is 5.91 Å². The maximum Gasteiger partial charge on any atom is 0.251 e. The van der Waals surface area contributed by atoms with Crippen molar-refractivity contribution in [1.82, 2.24) is 9.88 Å². The van der Waals surface area contributed by atoms with Gasteiger partial charge in [0.2, 0.25) is 0 Å². The number of anilines is 1. The third kappa shape index (κ3) is 3.91. The number of aromatic nitrogens is 1. The number of rotatable bonds is 5. The molecule has 0 unspecified atom stereocenters. The Kier molecular flexibility index (Phi) is 5.10. The molecule has 4 nitrogen and oxygen atoms in total. The van der Waals surface area contributed by atoms with E-state index in [2.05, 4.69) is 5.32 Å². The first kappa shape index (κ1) is 18.2. The maximum atomic E-state index is 13.4. The Hall–Kier alpha value is -3.15. The number of amides is 1. The van der Waals surface area contributed by atoms with Gasteiger partial charge in [-0.05, 0) is 60.9 Å². The zero-order chi connectivity index (χ0) is 19.5. The van der Waals surface area contributed by atoms with Crippen LogP contribution in [0.25, 0.3) is 5.69 Å². The number of nitrogens with zero attached hydrogens (tertiary/aromatic N) is 2. The van der Waals surface area contributed by atoms with Gasteiger partial charge in [0.05, 0.1) is 0 Å². The van der Waals surface area contributed by atoms with Crippen LogP contribution in [-0.4, -0.2) is 30.1 Å². The number of hydrogen-bond acceptors (Lipinski definition) is 2. The van der Waals surface area contributed by atoms with Crippen molar-refractivity contribution in [3.63, 3.8) is 0 Å². The van der Waals surface area contributed by atoms with Crippen LogP contribution >= 0.6 is 0 Å². The molecule has 1 aliphatic heterocycles. The monoisotopic (exact) mass is 381 g/mol. The molecule has 1 fully saturated rings. The van der Waals surface area contributed by atoms with E-state index >= 15 is 0 Å². The van der Waals surface area contributed by atoms with Crippen molar-refractivity contribution < 1.29 is 13.6 Å². The SMILES string of the molecule is O=C(NC[C@H]1CCN(c2ccc(F)c(F)c2)C1)c1ccc(-n2cccc2)cc1. The van der Waals surface area contributed by atoms with E-state index in [1.165, 1.54) is 6.07 Å². The Labute approximate surface area is 162 Å². The molecule has 0 aliphatic carbocycles. The first-order chi connectivity index (χ1) is 13.6. The first-order valence-corrected chi connectivity index (χ1v) is 9.32. The quantitative estimate of drug-likeness (QED) is 0.725. The van der Waals surface area contributed by atoms with Crippen molar-refractivity contribution in [2.75, 3.05) is 24.5 Å². The summed E-state index contributed by atoms with van der Waals surface area (Å²) in [5.41, 5.74) is 2.29. The lowest BCUT2D eigenvalue weighted by atomic mass is 10.1. The van der Waals surface area contributed by atoms with Crippen LogP contribution < -0.4 is 10.2 Å². The highest BCUT2D eigenvalue weighted by atomic mass is 19.2. The van der Waals surface area contributed by atoms with E-state index in [-0.39, 0.29) is 11.8 Å². The number of halogens is 2. The molecular weight excluding hydrogens is 360 g/mol. The Morgan fingerprint density at radius 1 is 1.00 bits per heavy atom. The smallest absolute Gasteiger partial charge is 0.251 e. The fourth-order valence-electron chi connectivity index (χ4n) is 3.55. The third-order valence-electron chi connectivity index (χ3n) is 5.14. The molecule has 1 N–H and O–H groups in total. The minimum absolute atomic E-state index is 0.106. The van der Waals surface area contributed by atoms with Gasteiger partial charge in [-0.15, -0.1) is 0 Å². The van der Waals surface area contributed by atoms with E-state index in [0.29, 0.717) is 24.3 Å². The lowest BCUT2D eigenvalue weighted by molar-refractivity contribution is 0.0948. The topological polar surface area (TPSA) is 37.3 Å². The van der Waals surface area contributed by atoms with E-state index in [4.69, 9.17) is 0 Å². The molecule has 0 saturated carbocycles. The van der Waals surface area contributed by atoms with Crippen LogP contribution in [0.2, 0.25) is 0 Å². The van der Waals surface area contributed by atoms with Crippen LogP contribution in [0, 0.1) is 17.6 Å². The van der Waals surface area contributed by atoms with Crippen molar-refractivity contribution in [1.29, 1.82) is 0 Å². The summed E-state index contributed by atoms with van der Waals surface area (Å²) in [5, 5.41) is 2.98. The van der Waals surface area contributed by atoms with Gasteiger partial charge in [0, 0.05) is 55.0 Å². The summed E-state index contributed by atoms with van der Waals surface area (Å²) >= 11 is 0. The summed E-state index contributed by atoms with van der Waals surface area (Å²) in [5.74, 6) is -1.51. The van der Waals surface area contributed by atoms with E-state index in [1.807, 2.05) is 58.3 Å². The van der Waals surface area contributed by atoms with E-state index in [1.54, 1.807) is 6.07 Å². The van der Waals surface area contributed by atoms with Crippen molar-refractivity contribution in [2.24, 2.45) is 5.92 Å². The van der Waals surface area contributed by atoms with Gasteiger partial charge in [-0.25, -0.2) is 8.78 Å². The molecule has 0 bridgehead atoms. The predicted octanol–water partition coefficient (Wildman–Crippen LogP) is 4.01. The zero-order valence-electron chi connectivity index (χ0n) is 15.3. The first-order valence-electron chi connectivity index (χ1n) is 9.32. The largest absolute Gasteiger partial charge is 0.371 e. The molecule has 1 aromatic heterocycles. The van der Waals surface area contributed by atoms with E-state index in [9.17, 15) is 13.6 Å². The molecule has 6 heteroatoms. The highest BCUT2D eigenvalue weighted by Gasteiger charge is 2.24. The van der Waals surface area contributed by atoms with Crippen molar-refractivity contribution in [2.45, 2.75) is 6.42 Å². The van der Waals surface area contributed by atoms with Crippen molar-refractivity contribution >= 4 is 11.6 Å². The molecule has 0 spiro atoms. The fraction of sp³-hybridized carbons (Fsp3) is 0.227. The Balaban J connectivity index is 1.31. The predicted molar refractivity (Wildman–Crippen MR) is 105 cm³/mol. The molecule has 144 valence electrons. The third-order valence-corrected chi connectivity index (χ3v) is 5.14. The summed E-state index contributed by atoms with van der Waals surface area (Å²) in [7, 11) is 0. The molecule has 0 radical (unpaired) electrons. The molecule has 28 heavy (non-hydrogen) atoms. The second-order valence-electron chi connectivity index (χ2n) is 7.05. The highest BCUT2D eigenvalue weighted by molar-refractivity contribution is 5.94. The van der Waals surface area contributed by atoms with Crippen LogP contribution in [0.15, 0.2) is 67.0 Å². The van der Waals surface area contributed by atoms with Crippen LogP contribution in [0.4, 0.5) is 14.5 Å². The van der Waals surface area contributed by atoms with E-state index < -0.39 is 11.6 Å². The molecule has 1 aliphatic rings. The van der Waals surface area contributed by atoms with Crippen molar-refractivity contribution in [3.8, 4) is 5.69 Å². The molecular formula is C22H21F2N3O. The molecule has 2 aromatic carbocycles. The second-order valence-corrected chi connectivity index (χ2v) is 7.05. The summed E-state index contributed by atoms with van der Waals surface area (Å²) in [6.07, 6.45) is 4.80. The van der Waals surface area contributed by atoms with Gasteiger partial charge in [-0.3, -0.25) is 4.79 Å². The van der Waals surface area contributed by atoms with E-state index in [0.717, 1.165) is 24.7 Å². The summed E-state index contributed by atoms with van der Waals surface area (Å²) in [6, 6.07) is 15.3. The van der Waals surface area contributed by atoms with Crippen molar-refractivity contribution in [3.05, 3.63) is 84.2 Å². The maximum absolute atomic E-state index is 13.4. The molecule has 3 aromatic rings. The normalized spacial score (nSPS) is 16.4. The lowest BCUT2D eigenvalue weighted by Crippen LogP contribution is -2.31. The lowest BCUT2D eigenvalue weighted by Gasteiger charge is -2.19. The van der Waals surface area contributed by atoms with Crippen LogP contribution in [0.5, 0.6) is 0 Å². The van der Waals surface area contributed by atoms with Crippen LogP contribution in [-0.2, 0) is 0 Å². The molecule has 1 atom stereocenters. The number of carbonyl (C=O) groups is 1. The molecule has 1 amide bonds. The Bertz CT molecular complexity index is 954. The van der Waals surface area contributed by atoms with Gasteiger partial charge >= 0.3 is 0 Å². The summed E-state index contributed by atoms with van der Waals surface area (Å²) < 4.78 is 28.5. The standard InChI is InChI=1S/C22H21F2N3O/c23-20-8-7-19(13-21(20)24)27-12-9-16(15-27)14-25-22(28)17-3-5-18(6-4-17)26-10-1-2-11-26/h1-8,10-11,13,16H,9,12,14-15H2,(H,25,28)/t16-/m1/s1. The van der Waals surface area contributed by atoms with Gasteiger partial charge in [-0.1, -0.05) is 0 Å². The fourth-order valence-corrected chi connectivity index (χ4v) is 3.55. The molecule has 4 rings (SSSR count). The highest BCUT2D eigenvalue weighted by Crippen LogP contribution is 2.25. The van der Waals surface area contributed by atoms with Gasteiger partial charge in [0.15, 0.2) is 11.6 Å². The zero-order valence-corrected chi connectivity index (χ0v) is 15.3. The van der Waals surface area contributed by atoms with Crippen LogP contribution in [0.1, 0.15) is 16.8 Å². The van der Waals surface area contributed by atoms with Gasteiger partial charge in [0.1, 0.15) is 0 Å². The van der Waals surface area contributed by atoms with Gasteiger partial charge in [-0.2, -0.15) is 0 Å². The Morgan fingerprint density at radius 3 is 2.43 bits per heavy atom. The molecule has 2 heterocycles. The number of benzene rings is 2. The Morgan fingerprint density at radius 2 is 1.71 bits per heavy atom. The average Bonchev–Trinajstić information content (AvgIpc) is 3.40. The number of hydrogen-bond donors (Lipinski definition) is 1. The summed E-state index contributed by atoms with van der Waals surface area (Å²) in [6.45, 7) is 2.02. The van der Waals surface area contributed by atoms with Crippen LogP contribution in [0.3, 0.4) is 0 Å². The van der Waals surface area contributed by atoms with Gasteiger partial charge < -0.3 is 14.8 Å². The minimum Gasteiger partial charge on any atom is -0.371 e. The molecule has 1 saturated heterocycles. The second kappa shape index (κ2) is 7.84. The number of carbonyl (C=O) groups excluding carboxylic acids is 1. The average molecular weight is 381 g/mol. The summed E-state index contributed by atoms with van der Waals surface area (Å²) in [4.78, 5) is 14.4. The minimum atomic E-state index is -0.838. The number of nitrogens with one attached hydrogen (secondary N) is 1.